The first kappa shape index (κ1) is 13.9. The summed E-state index contributed by atoms with van der Waals surface area (Å²) in [7, 11) is 0. The van der Waals surface area contributed by atoms with Gasteiger partial charge >= 0.3 is 0 Å². The number of nitrogens with zero attached hydrogens (tertiary/aromatic N) is 2. The average molecular weight is 256 g/mol. The molecule has 17 heavy (non-hydrogen) atoms. The maximum Gasteiger partial charge on any atom is 0.191 e. The summed E-state index contributed by atoms with van der Waals surface area (Å²) >= 11 is 1.72. The number of aliphatic hydroxyl groups is 1. The van der Waals surface area contributed by atoms with Crippen molar-refractivity contribution in [3.8, 4) is 0 Å². The molecule has 96 valence electrons. The molecule has 0 spiro atoms. The molecule has 0 radical (unpaired) electrons. The second kappa shape index (κ2) is 8.03. The number of aliphatic hydroxyl groups excluding tert-OH is 1. The molecule has 1 heterocycles. The molecular formula is C11H20N4OS. The Morgan fingerprint density at radius 3 is 2.94 bits per heavy atom. The van der Waals surface area contributed by atoms with Crippen LogP contribution in [0, 0.1) is 6.92 Å². The maximum absolute atomic E-state index is 8.72. The van der Waals surface area contributed by atoms with Crippen LogP contribution in [0.1, 0.15) is 16.8 Å². The fourth-order valence-corrected chi connectivity index (χ4v) is 2.10. The third-order valence-corrected chi connectivity index (χ3v) is 2.99. The van der Waals surface area contributed by atoms with E-state index in [1.165, 1.54) is 4.88 Å². The van der Waals surface area contributed by atoms with Crippen molar-refractivity contribution >= 4 is 17.3 Å². The summed E-state index contributed by atoms with van der Waals surface area (Å²) in [5.41, 5.74) is 0. The number of guanidine groups is 1. The molecule has 3 N–H and O–H groups in total. The van der Waals surface area contributed by atoms with Crippen LogP contribution in [0.15, 0.2) is 11.2 Å². The summed E-state index contributed by atoms with van der Waals surface area (Å²) in [6, 6.07) is 0. The van der Waals surface area contributed by atoms with Crippen LogP contribution in [0.5, 0.6) is 0 Å². The van der Waals surface area contributed by atoms with Gasteiger partial charge in [-0.3, -0.25) is 4.99 Å². The Bertz CT molecular complexity index is 351. The lowest BCUT2D eigenvalue weighted by atomic mass is 10.4. The van der Waals surface area contributed by atoms with E-state index in [0.29, 0.717) is 6.54 Å². The van der Waals surface area contributed by atoms with E-state index in [4.69, 9.17) is 5.11 Å². The van der Waals surface area contributed by atoms with Crippen LogP contribution in [-0.4, -0.2) is 42.3 Å². The molecule has 0 amide bonds. The monoisotopic (exact) mass is 256 g/mol. The van der Waals surface area contributed by atoms with Crippen molar-refractivity contribution in [3.63, 3.8) is 0 Å². The van der Waals surface area contributed by atoms with E-state index >= 15 is 0 Å². The van der Waals surface area contributed by atoms with E-state index in [9.17, 15) is 0 Å². The van der Waals surface area contributed by atoms with Gasteiger partial charge in [0.1, 0.15) is 0 Å². The van der Waals surface area contributed by atoms with Gasteiger partial charge in [-0.15, -0.1) is 11.3 Å². The van der Waals surface area contributed by atoms with E-state index in [1.807, 2.05) is 13.1 Å². The zero-order valence-corrected chi connectivity index (χ0v) is 11.2. The summed E-state index contributed by atoms with van der Waals surface area (Å²) < 4.78 is 0. The molecule has 0 fully saturated rings. The minimum absolute atomic E-state index is 0.0717. The number of hydrogen-bond donors (Lipinski definition) is 3. The molecule has 0 aliphatic rings. The smallest absolute Gasteiger partial charge is 0.191 e. The highest BCUT2D eigenvalue weighted by atomic mass is 32.1. The fraction of sp³-hybridized carbons (Fsp3) is 0.636. The normalized spacial score (nSPS) is 11.6. The van der Waals surface area contributed by atoms with Crippen LogP contribution in [0.4, 0.5) is 0 Å². The quantitative estimate of drug-likeness (QED) is 0.513. The van der Waals surface area contributed by atoms with E-state index in [-0.39, 0.29) is 6.61 Å². The molecule has 1 aromatic heterocycles. The van der Waals surface area contributed by atoms with Crippen molar-refractivity contribution in [1.82, 2.24) is 15.6 Å². The third-order valence-electron chi connectivity index (χ3n) is 2.01. The highest BCUT2D eigenvalue weighted by Crippen LogP contribution is 2.10. The number of aromatic nitrogens is 1. The largest absolute Gasteiger partial charge is 0.394 e. The molecule has 0 aliphatic carbocycles. The number of aliphatic imine (C=N–C) groups is 1. The second-order valence-electron chi connectivity index (χ2n) is 3.53. The Balaban J connectivity index is 2.31. The maximum atomic E-state index is 8.72. The summed E-state index contributed by atoms with van der Waals surface area (Å²) in [4.78, 5) is 9.73. The molecule has 0 aromatic carbocycles. The highest BCUT2D eigenvalue weighted by Gasteiger charge is 2.00. The molecule has 6 heteroatoms. The van der Waals surface area contributed by atoms with Gasteiger partial charge in [-0.25, -0.2) is 4.98 Å². The predicted molar refractivity (Wildman–Crippen MR) is 71.6 cm³/mol. The van der Waals surface area contributed by atoms with Crippen LogP contribution in [0.2, 0.25) is 0 Å². The minimum Gasteiger partial charge on any atom is -0.394 e. The highest BCUT2D eigenvalue weighted by molar-refractivity contribution is 7.11. The van der Waals surface area contributed by atoms with Crippen molar-refractivity contribution in [2.24, 2.45) is 4.99 Å². The number of aryl methyl sites for hydroxylation is 1. The fourth-order valence-electron chi connectivity index (χ4n) is 1.31. The van der Waals surface area contributed by atoms with Crippen LogP contribution in [-0.2, 0) is 6.42 Å². The molecule has 0 saturated carbocycles. The van der Waals surface area contributed by atoms with Gasteiger partial charge in [0.2, 0.25) is 0 Å². The van der Waals surface area contributed by atoms with Gasteiger partial charge in [0.05, 0.1) is 18.2 Å². The summed E-state index contributed by atoms with van der Waals surface area (Å²) in [5.74, 6) is 0.745. The van der Waals surface area contributed by atoms with Gasteiger partial charge < -0.3 is 15.7 Å². The first-order valence-electron chi connectivity index (χ1n) is 5.80. The summed E-state index contributed by atoms with van der Waals surface area (Å²) in [5, 5.41) is 16.2. The lowest BCUT2D eigenvalue weighted by molar-refractivity contribution is 0.306. The van der Waals surface area contributed by atoms with Crippen molar-refractivity contribution in [2.45, 2.75) is 20.3 Å². The van der Waals surface area contributed by atoms with Crippen LogP contribution in [0.25, 0.3) is 0 Å². The van der Waals surface area contributed by atoms with Crippen LogP contribution in [0.3, 0.4) is 0 Å². The Labute approximate surface area is 106 Å². The second-order valence-corrected chi connectivity index (χ2v) is 4.85. The molecule has 0 unspecified atom stereocenters. The Hall–Kier alpha value is -1.14. The van der Waals surface area contributed by atoms with E-state index < -0.39 is 0 Å². The van der Waals surface area contributed by atoms with Gasteiger partial charge in [-0.2, -0.15) is 0 Å². The standard InChI is InChI=1S/C11H20N4OS/c1-3-12-11(14-6-7-16)13-5-4-10-15-8-9(2)17-10/h8,16H,3-7H2,1-2H3,(H2,12,13,14). The van der Waals surface area contributed by atoms with E-state index in [0.717, 1.165) is 30.5 Å². The van der Waals surface area contributed by atoms with Crippen LogP contribution < -0.4 is 10.6 Å². The third kappa shape index (κ3) is 5.65. The molecule has 0 saturated heterocycles. The summed E-state index contributed by atoms with van der Waals surface area (Å²) in [6.07, 6.45) is 2.78. The zero-order chi connectivity index (χ0) is 12.5. The van der Waals surface area contributed by atoms with Gasteiger partial charge in [0, 0.05) is 30.6 Å². The number of thiazole rings is 1. The molecular weight excluding hydrogens is 236 g/mol. The zero-order valence-electron chi connectivity index (χ0n) is 10.4. The van der Waals surface area contributed by atoms with Crippen molar-refractivity contribution in [1.29, 1.82) is 0 Å². The molecule has 0 bridgehead atoms. The number of hydrogen-bond acceptors (Lipinski definition) is 4. The lowest BCUT2D eigenvalue weighted by Gasteiger charge is -2.09. The Morgan fingerprint density at radius 2 is 2.35 bits per heavy atom. The number of rotatable bonds is 6. The van der Waals surface area contributed by atoms with Gasteiger partial charge in [0.15, 0.2) is 5.96 Å². The van der Waals surface area contributed by atoms with Crippen LogP contribution >= 0.6 is 11.3 Å². The molecule has 0 atom stereocenters. The average Bonchev–Trinajstić information content (AvgIpc) is 2.72. The molecule has 1 aromatic rings. The summed E-state index contributed by atoms with van der Waals surface area (Å²) in [6.45, 7) is 6.17. The molecule has 0 aliphatic heterocycles. The lowest BCUT2D eigenvalue weighted by Crippen LogP contribution is -2.38. The first-order valence-corrected chi connectivity index (χ1v) is 6.62. The number of nitrogens with one attached hydrogen (secondary N) is 2. The van der Waals surface area contributed by atoms with Crippen molar-refractivity contribution in [2.75, 3.05) is 26.2 Å². The topological polar surface area (TPSA) is 69.5 Å². The van der Waals surface area contributed by atoms with Crippen molar-refractivity contribution < 1.29 is 5.11 Å². The van der Waals surface area contributed by atoms with E-state index in [1.54, 1.807) is 11.3 Å². The molecule has 5 nitrogen and oxygen atoms in total. The van der Waals surface area contributed by atoms with Crippen molar-refractivity contribution in [3.05, 3.63) is 16.1 Å². The van der Waals surface area contributed by atoms with Gasteiger partial charge in [-0.05, 0) is 13.8 Å². The van der Waals surface area contributed by atoms with Gasteiger partial charge in [0.25, 0.3) is 0 Å². The van der Waals surface area contributed by atoms with Gasteiger partial charge in [-0.1, -0.05) is 0 Å². The first-order chi connectivity index (χ1) is 8.26. The SMILES string of the molecule is CCNC(=NCCO)NCCc1ncc(C)s1. The Kier molecular flexibility index (Phi) is 6.57. The minimum atomic E-state index is 0.0717. The van der Waals surface area contributed by atoms with E-state index in [2.05, 4.69) is 27.5 Å². The Morgan fingerprint density at radius 1 is 1.53 bits per heavy atom. The molecule has 1 rings (SSSR count). The predicted octanol–water partition coefficient (Wildman–Crippen LogP) is 0.541.